The number of allylic oxidation sites excluding steroid dienone is 14. The van der Waals surface area contributed by atoms with Gasteiger partial charge in [-0.15, -0.1) is 0 Å². The normalized spacial score (nSPS) is 22.4. The van der Waals surface area contributed by atoms with Crippen molar-refractivity contribution in [1.82, 2.24) is 0 Å². The number of carbonyl (C=O) groups is 2. The molecule has 2 heterocycles. The van der Waals surface area contributed by atoms with Gasteiger partial charge in [0.1, 0.15) is 12.2 Å². The van der Waals surface area contributed by atoms with Crippen LogP contribution in [0.5, 0.6) is 0 Å². The maximum Gasteiger partial charge on any atom is 0.306 e. The van der Waals surface area contributed by atoms with Crippen molar-refractivity contribution in [2.45, 2.75) is 134 Å². The molecule has 2 aliphatic heterocycles. The van der Waals surface area contributed by atoms with E-state index in [0.717, 1.165) is 57.8 Å². The first-order valence-corrected chi connectivity index (χ1v) is 17.6. The molecule has 5 atom stereocenters. The van der Waals surface area contributed by atoms with Crippen LogP contribution >= 0.6 is 0 Å². The van der Waals surface area contributed by atoms with Gasteiger partial charge in [0.2, 0.25) is 0 Å². The number of aliphatic carboxylic acids is 2. The summed E-state index contributed by atoms with van der Waals surface area (Å²) >= 11 is 0. The van der Waals surface area contributed by atoms with E-state index < -0.39 is 11.9 Å². The van der Waals surface area contributed by atoms with E-state index in [1.165, 1.54) is 25.7 Å². The predicted octanol–water partition coefficient (Wildman–Crippen LogP) is 10.0. The van der Waals surface area contributed by atoms with E-state index in [-0.39, 0.29) is 36.8 Å². The highest BCUT2D eigenvalue weighted by atomic mass is 16.6. The second kappa shape index (κ2) is 25.9. The number of epoxide rings is 2. The van der Waals surface area contributed by atoms with E-state index in [0.29, 0.717) is 12.8 Å². The highest BCUT2D eigenvalue weighted by Gasteiger charge is 2.37. The molecule has 0 aliphatic carbocycles. The van der Waals surface area contributed by atoms with E-state index in [1.807, 2.05) is 48.6 Å². The van der Waals surface area contributed by atoms with E-state index in [9.17, 15) is 14.7 Å². The van der Waals surface area contributed by atoms with Crippen molar-refractivity contribution >= 4 is 11.9 Å². The van der Waals surface area contributed by atoms with Gasteiger partial charge >= 0.3 is 11.9 Å². The van der Waals surface area contributed by atoms with Gasteiger partial charge in [-0.25, -0.2) is 0 Å². The highest BCUT2D eigenvalue weighted by Crippen LogP contribution is 2.30. The Bertz CT molecular complexity index is 1080. The summed E-state index contributed by atoms with van der Waals surface area (Å²) in [5.74, 6) is -1.73. The van der Waals surface area contributed by atoms with Crippen LogP contribution in [0.1, 0.15) is 110 Å². The Morgan fingerprint density at radius 1 is 0.609 bits per heavy atom. The molecule has 0 bridgehead atoms. The fourth-order valence-corrected chi connectivity index (χ4v) is 5.17. The first-order chi connectivity index (χ1) is 22.5. The van der Waals surface area contributed by atoms with Gasteiger partial charge in [-0.3, -0.25) is 9.59 Å². The zero-order chi connectivity index (χ0) is 33.1. The van der Waals surface area contributed by atoms with Crippen LogP contribution in [0.2, 0.25) is 0 Å². The molecule has 0 aromatic carbocycles. The summed E-state index contributed by atoms with van der Waals surface area (Å²) in [6, 6.07) is 0. The molecule has 0 saturated carbocycles. The van der Waals surface area contributed by atoms with Crippen molar-refractivity contribution < 1.29 is 29.3 Å². The number of unbranched alkanes of at least 4 members (excludes halogenated alkanes) is 6. The molecule has 2 aliphatic rings. The highest BCUT2D eigenvalue weighted by molar-refractivity contribution is 5.69. The van der Waals surface area contributed by atoms with Gasteiger partial charge in [-0.1, -0.05) is 130 Å². The lowest BCUT2D eigenvalue weighted by Gasteiger charge is -2.11. The summed E-state index contributed by atoms with van der Waals surface area (Å²) in [6.45, 7) is 2.23. The van der Waals surface area contributed by atoms with Gasteiger partial charge in [0.25, 0.3) is 0 Å². The van der Waals surface area contributed by atoms with Crippen LogP contribution in [0.15, 0.2) is 97.2 Å². The van der Waals surface area contributed by atoms with E-state index in [1.54, 1.807) is 0 Å². The van der Waals surface area contributed by atoms with Crippen LogP contribution in [0.3, 0.4) is 0 Å². The zero-order valence-corrected chi connectivity index (χ0v) is 28.0. The van der Waals surface area contributed by atoms with Gasteiger partial charge in [0, 0.05) is 6.42 Å². The molecule has 0 spiro atoms. The second-order valence-electron chi connectivity index (χ2n) is 12.1. The van der Waals surface area contributed by atoms with Crippen molar-refractivity contribution in [2.75, 3.05) is 0 Å². The van der Waals surface area contributed by atoms with Crippen molar-refractivity contribution in [3.05, 3.63) is 97.2 Å². The molecule has 46 heavy (non-hydrogen) atoms. The zero-order valence-electron chi connectivity index (χ0n) is 28.0. The molecule has 0 radical (unpaired) electrons. The molecule has 2 rings (SSSR count). The number of hydrogen-bond donors (Lipinski definition) is 2. The van der Waals surface area contributed by atoms with E-state index >= 15 is 0 Å². The van der Waals surface area contributed by atoms with Crippen molar-refractivity contribution in [3.63, 3.8) is 0 Å². The minimum atomic E-state index is -0.753. The van der Waals surface area contributed by atoms with E-state index in [2.05, 4.69) is 55.5 Å². The van der Waals surface area contributed by atoms with Gasteiger partial charge in [0.05, 0.1) is 18.1 Å². The van der Waals surface area contributed by atoms with Crippen LogP contribution in [0.4, 0.5) is 0 Å². The topological polar surface area (TPSA) is 99.7 Å². The molecular formula is C40H58O6. The Kier molecular flexibility index (Phi) is 21.9. The monoisotopic (exact) mass is 634 g/mol. The van der Waals surface area contributed by atoms with Crippen LogP contribution in [-0.4, -0.2) is 46.6 Å². The number of ether oxygens (including phenoxy) is 2. The maximum atomic E-state index is 11.7. The van der Waals surface area contributed by atoms with Crippen LogP contribution in [0, 0.1) is 5.92 Å². The summed E-state index contributed by atoms with van der Waals surface area (Å²) in [4.78, 5) is 22.3. The summed E-state index contributed by atoms with van der Waals surface area (Å²) < 4.78 is 11.2. The van der Waals surface area contributed by atoms with Crippen LogP contribution in [-0.2, 0) is 19.1 Å². The lowest BCUT2D eigenvalue weighted by atomic mass is 9.94. The van der Waals surface area contributed by atoms with E-state index in [4.69, 9.17) is 14.6 Å². The van der Waals surface area contributed by atoms with Crippen molar-refractivity contribution in [2.24, 2.45) is 5.92 Å². The van der Waals surface area contributed by atoms with Gasteiger partial charge < -0.3 is 19.7 Å². The minimum Gasteiger partial charge on any atom is -0.481 e. The molecule has 2 fully saturated rings. The molecule has 254 valence electrons. The van der Waals surface area contributed by atoms with Gasteiger partial charge in [-0.2, -0.15) is 0 Å². The third-order valence-electron chi connectivity index (χ3n) is 8.09. The Labute approximate surface area is 278 Å². The third-order valence-corrected chi connectivity index (χ3v) is 8.09. The first kappa shape index (κ1) is 39.0. The fraction of sp³-hybridized carbons (Fsp3) is 0.550. The SMILES string of the molecule is CCCCC/C=C\C\C=C/C=C/C=C/[C@@H]1O[C@H]1CCC(CCCCCC=CCC=CC=CC=CC1OC1CCCC(=O)O)C(=O)O. The Hall–Kier alpha value is -3.22. The third kappa shape index (κ3) is 21.5. The predicted molar refractivity (Wildman–Crippen MR) is 189 cm³/mol. The Morgan fingerprint density at radius 3 is 1.74 bits per heavy atom. The van der Waals surface area contributed by atoms with Crippen LogP contribution in [0.25, 0.3) is 0 Å². The van der Waals surface area contributed by atoms with Gasteiger partial charge in [-0.05, 0) is 70.6 Å². The van der Waals surface area contributed by atoms with Crippen LogP contribution < -0.4 is 0 Å². The average molecular weight is 635 g/mol. The summed E-state index contributed by atoms with van der Waals surface area (Å²) in [6.07, 6.45) is 48.7. The average Bonchev–Trinajstić information content (AvgIpc) is 3.96. The quantitative estimate of drug-likeness (QED) is 0.0385. The summed E-state index contributed by atoms with van der Waals surface area (Å²) in [5.41, 5.74) is 0. The molecule has 0 amide bonds. The fourth-order valence-electron chi connectivity index (χ4n) is 5.17. The first-order valence-electron chi connectivity index (χ1n) is 17.6. The van der Waals surface area contributed by atoms with Crippen molar-refractivity contribution in [3.8, 4) is 0 Å². The number of carboxylic acids is 2. The molecule has 3 unspecified atom stereocenters. The van der Waals surface area contributed by atoms with Gasteiger partial charge in [0.15, 0.2) is 0 Å². The Morgan fingerprint density at radius 2 is 1.17 bits per heavy atom. The molecule has 2 saturated heterocycles. The lowest BCUT2D eigenvalue weighted by Crippen LogP contribution is -2.14. The second-order valence-corrected chi connectivity index (χ2v) is 12.1. The molecule has 6 nitrogen and oxygen atoms in total. The van der Waals surface area contributed by atoms with Crippen molar-refractivity contribution in [1.29, 1.82) is 0 Å². The number of rotatable bonds is 28. The summed E-state index contributed by atoms with van der Waals surface area (Å²) in [7, 11) is 0. The molecule has 0 aromatic rings. The smallest absolute Gasteiger partial charge is 0.306 e. The molecule has 0 aromatic heterocycles. The Balaban J connectivity index is 1.44. The maximum absolute atomic E-state index is 11.7. The molecular weight excluding hydrogens is 576 g/mol. The lowest BCUT2D eigenvalue weighted by molar-refractivity contribution is -0.142. The molecule has 2 N–H and O–H groups in total. The number of carboxylic acid groups (broad SMARTS) is 2. The molecule has 6 heteroatoms. The summed E-state index contributed by atoms with van der Waals surface area (Å²) in [5, 5.41) is 18.3. The minimum absolute atomic E-state index is 0.114. The standard InChI is InChI=1S/C40H58O6/c1-2-3-4-5-6-7-8-12-15-19-22-25-29-36-38(46-36)33-32-34(40(43)44)27-23-20-17-14-11-9-10-13-16-18-21-24-28-35-37(45-35)30-26-31-39(41)42/h6-7,9,11-13,15-16,18-19,21-22,24-25,28-29,34-38H,2-5,8,10,14,17,20,23,26-27,30-33H2,1H3,(H,41,42)(H,43,44)/b7-6-,11-9?,15-12-,16-13?,21-18?,22-19+,28-24?,29-25+/t34?,35?,36-,37?,38-/m0/s1. The number of hydrogen-bond acceptors (Lipinski definition) is 4. The largest absolute Gasteiger partial charge is 0.481 e.